The van der Waals surface area contributed by atoms with Crippen LogP contribution in [0.3, 0.4) is 0 Å². The molecule has 1 atom stereocenters. The van der Waals surface area contributed by atoms with E-state index in [1.807, 2.05) is 78.9 Å². The number of amides is 1. The van der Waals surface area contributed by atoms with Gasteiger partial charge in [0.05, 0.1) is 19.7 Å². The van der Waals surface area contributed by atoms with E-state index in [2.05, 4.69) is 10.6 Å². The number of methoxy groups -OCH3 is 1. The van der Waals surface area contributed by atoms with Crippen molar-refractivity contribution in [3.63, 3.8) is 0 Å². The van der Waals surface area contributed by atoms with Crippen molar-refractivity contribution >= 4 is 17.5 Å². The third kappa shape index (κ3) is 5.59. The minimum absolute atomic E-state index is 0.0780. The number of carbonyl (C=O) groups is 1. The second-order valence-electron chi connectivity index (χ2n) is 6.41. The summed E-state index contributed by atoms with van der Waals surface area (Å²) in [5.41, 5.74) is 3.08. The number of hydrogen-bond acceptors (Lipinski definition) is 3. The zero-order valence-corrected chi connectivity index (χ0v) is 16.4. The van der Waals surface area contributed by atoms with Crippen molar-refractivity contribution in [1.82, 2.24) is 10.6 Å². The molecule has 1 unspecified atom stereocenters. The van der Waals surface area contributed by atoms with E-state index >= 15 is 0 Å². The number of halogens is 1. The number of hydrogen-bond donors (Lipinski definition) is 2. The Morgan fingerprint density at radius 2 is 1.71 bits per heavy atom. The van der Waals surface area contributed by atoms with Crippen molar-refractivity contribution in [3.8, 4) is 5.75 Å². The molecule has 4 nitrogen and oxygen atoms in total. The molecule has 0 aromatic heterocycles. The first-order chi connectivity index (χ1) is 13.7. The quantitative estimate of drug-likeness (QED) is 0.597. The SMILES string of the molecule is COc1cccc(CNC(=O)CNC(c2ccccc2)c2cccc(Cl)c2)c1. The van der Waals surface area contributed by atoms with Gasteiger partial charge >= 0.3 is 0 Å². The number of nitrogens with one attached hydrogen (secondary N) is 2. The van der Waals surface area contributed by atoms with Crippen molar-refractivity contribution in [2.75, 3.05) is 13.7 Å². The van der Waals surface area contributed by atoms with E-state index in [1.54, 1.807) is 7.11 Å². The molecule has 0 fully saturated rings. The highest BCUT2D eigenvalue weighted by Gasteiger charge is 2.15. The van der Waals surface area contributed by atoms with E-state index in [0.717, 1.165) is 22.4 Å². The minimum Gasteiger partial charge on any atom is -0.497 e. The Hall–Kier alpha value is -2.82. The summed E-state index contributed by atoms with van der Waals surface area (Å²) in [5.74, 6) is 0.695. The van der Waals surface area contributed by atoms with Crippen LogP contribution in [0.4, 0.5) is 0 Å². The van der Waals surface area contributed by atoms with Crippen LogP contribution < -0.4 is 15.4 Å². The first-order valence-corrected chi connectivity index (χ1v) is 9.47. The molecule has 144 valence electrons. The minimum atomic E-state index is -0.123. The predicted molar refractivity (Wildman–Crippen MR) is 113 cm³/mol. The Morgan fingerprint density at radius 1 is 0.964 bits per heavy atom. The Morgan fingerprint density at radius 3 is 2.46 bits per heavy atom. The van der Waals surface area contributed by atoms with Gasteiger partial charge in [-0.05, 0) is 41.0 Å². The molecule has 3 aromatic carbocycles. The largest absolute Gasteiger partial charge is 0.497 e. The summed E-state index contributed by atoms with van der Waals surface area (Å²) in [6.07, 6.45) is 0. The molecule has 28 heavy (non-hydrogen) atoms. The van der Waals surface area contributed by atoms with Gasteiger partial charge in [0.25, 0.3) is 0 Å². The second kappa shape index (κ2) is 9.93. The van der Waals surface area contributed by atoms with Gasteiger partial charge in [0, 0.05) is 11.6 Å². The summed E-state index contributed by atoms with van der Waals surface area (Å²) in [6.45, 7) is 0.640. The first kappa shape index (κ1) is 19.9. The topological polar surface area (TPSA) is 50.4 Å². The number of rotatable bonds is 8. The van der Waals surface area contributed by atoms with Crippen LogP contribution in [0.15, 0.2) is 78.9 Å². The summed E-state index contributed by atoms with van der Waals surface area (Å²) >= 11 is 6.16. The van der Waals surface area contributed by atoms with Crippen LogP contribution >= 0.6 is 11.6 Å². The van der Waals surface area contributed by atoms with Crippen molar-refractivity contribution in [3.05, 3.63) is 101 Å². The van der Waals surface area contributed by atoms with E-state index in [4.69, 9.17) is 16.3 Å². The van der Waals surface area contributed by atoms with Gasteiger partial charge in [0.2, 0.25) is 5.91 Å². The molecule has 0 aliphatic carbocycles. The molecule has 0 aliphatic heterocycles. The Balaban J connectivity index is 1.64. The maximum Gasteiger partial charge on any atom is 0.234 e. The van der Waals surface area contributed by atoms with Gasteiger partial charge in [0.15, 0.2) is 0 Å². The van der Waals surface area contributed by atoms with E-state index < -0.39 is 0 Å². The van der Waals surface area contributed by atoms with Gasteiger partial charge < -0.3 is 10.1 Å². The van der Waals surface area contributed by atoms with Crippen molar-refractivity contribution in [1.29, 1.82) is 0 Å². The Bertz CT molecular complexity index is 915. The van der Waals surface area contributed by atoms with Crippen LogP contribution in [-0.4, -0.2) is 19.6 Å². The predicted octanol–water partition coefficient (Wildman–Crippen LogP) is 4.34. The van der Waals surface area contributed by atoms with Crippen LogP contribution in [0.5, 0.6) is 5.75 Å². The highest BCUT2D eigenvalue weighted by molar-refractivity contribution is 6.30. The molecule has 0 spiro atoms. The standard InChI is InChI=1S/C23H23ClN2O2/c1-28-21-12-5-7-17(13-21)15-25-22(27)16-26-23(18-8-3-2-4-9-18)19-10-6-11-20(24)14-19/h2-14,23,26H,15-16H2,1H3,(H,25,27). The van der Waals surface area contributed by atoms with Crippen LogP contribution in [-0.2, 0) is 11.3 Å². The van der Waals surface area contributed by atoms with Crippen molar-refractivity contribution in [2.24, 2.45) is 0 Å². The lowest BCUT2D eigenvalue weighted by Gasteiger charge is -2.20. The van der Waals surface area contributed by atoms with Crippen LogP contribution in [0.2, 0.25) is 5.02 Å². The molecule has 0 saturated heterocycles. The Kier molecular flexibility index (Phi) is 7.06. The monoisotopic (exact) mass is 394 g/mol. The van der Waals surface area contributed by atoms with Gasteiger partial charge in [-0.1, -0.05) is 66.2 Å². The summed E-state index contributed by atoms with van der Waals surface area (Å²) in [6, 6.07) is 25.2. The average Bonchev–Trinajstić information content (AvgIpc) is 2.73. The highest BCUT2D eigenvalue weighted by Crippen LogP contribution is 2.24. The molecule has 5 heteroatoms. The Labute approximate surface area is 170 Å². The molecule has 0 radical (unpaired) electrons. The lowest BCUT2D eigenvalue weighted by molar-refractivity contribution is -0.120. The van der Waals surface area contributed by atoms with Crippen molar-refractivity contribution < 1.29 is 9.53 Å². The van der Waals surface area contributed by atoms with E-state index in [9.17, 15) is 4.79 Å². The van der Waals surface area contributed by atoms with Crippen molar-refractivity contribution in [2.45, 2.75) is 12.6 Å². The molecule has 2 N–H and O–H groups in total. The maximum atomic E-state index is 12.4. The zero-order valence-electron chi connectivity index (χ0n) is 15.7. The maximum absolute atomic E-state index is 12.4. The zero-order chi connectivity index (χ0) is 19.8. The van der Waals surface area contributed by atoms with Crippen LogP contribution in [0, 0.1) is 0 Å². The van der Waals surface area contributed by atoms with E-state index in [1.165, 1.54) is 0 Å². The molecule has 0 bridgehead atoms. The fraction of sp³-hybridized carbons (Fsp3) is 0.174. The van der Waals surface area contributed by atoms with Gasteiger partial charge in [-0.2, -0.15) is 0 Å². The number of benzene rings is 3. The fourth-order valence-electron chi connectivity index (χ4n) is 3.00. The lowest BCUT2D eigenvalue weighted by atomic mass is 9.99. The van der Waals surface area contributed by atoms with Gasteiger partial charge in [-0.15, -0.1) is 0 Å². The average molecular weight is 395 g/mol. The van der Waals surface area contributed by atoms with E-state index in [-0.39, 0.29) is 18.5 Å². The smallest absolute Gasteiger partial charge is 0.234 e. The fourth-order valence-corrected chi connectivity index (χ4v) is 3.20. The number of ether oxygens (including phenoxy) is 1. The van der Waals surface area contributed by atoms with Gasteiger partial charge in [0.1, 0.15) is 5.75 Å². The molecule has 0 heterocycles. The summed E-state index contributed by atoms with van der Waals surface area (Å²) in [7, 11) is 1.63. The first-order valence-electron chi connectivity index (χ1n) is 9.09. The van der Waals surface area contributed by atoms with Gasteiger partial charge in [-0.25, -0.2) is 0 Å². The van der Waals surface area contributed by atoms with Gasteiger partial charge in [-0.3, -0.25) is 10.1 Å². The molecular formula is C23H23ClN2O2. The van der Waals surface area contributed by atoms with Crippen LogP contribution in [0.25, 0.3) is 0 Å². The molecule has 0 saturated carbocycles. The lowest BCUT2D eigenvalue weighted by Crippen LogP contribution is -2.35. The normalized spacial score (nSPS) is 11.6. The third-order valence-corrected chi connectivity index (χ3v) is 4.64. The molecule has 0 aliphatic rings. The molecule has 1 amide bonds. The summed E-state index contributed by atoms with van der Waals surface area (Å²) in [5, 5.41) is 6.95. The molecule has 3 rings (SSSR count). The summed E-state index contributed by atoms with van der Waals surface area (Å²) in [4.78, 5) is 12.4. The third-order valence-electron chi connectivity index (χ3n) is 4.41. The molecule has 3 aromatic rings. The summed E-state index contributed by atoms with van der Waals surface area (Å²) < 4.78 is 5.21. The second-order valence-corrected chi connectivity index (χ2v) is 6.84. The molecular weight excluding hydrogens is 372 g/mol. The van der Waals surface area contributed by atoms with E-state index in [0.29, 0.717) is 11.6 Å². The van der Waals surface area contributed by atoms with Crippen LogP contribution in [0.1, 0.15) is 22.7 Å². The number of carbonyl (C=O) groups excluding carboxylic acids is 1. The highest BCUT2D eigenvalue weighted by atomic mass is 35.5.